The van der Waals surface area contributed by atoms with E-state index in [0.29, 0.717) is 11.4 Å². The monoisotopic (exact) mass is 389 g/mol. The lowest BCUT2D eigenvalue weighted by Crippen LogP contribution is -2.29. The maximum absolute atomic E-state index is 12.6. The Hall–Kier alpha value is -2.02. The second-order valence-electron chi connectivity index (χ2n) is 7.44. The highest BCUT2D eigenvalue weighted by molar-refractivity contribution is 7.89. The van der Waals surface area contributed by atoms with Crippen LogP contribution in [0.5, 0.6) is 0 Å². The molecule has 27 heavy (non-hydrogen) atoms. The summed E-state index contributed by atoms with van der Waals surface area (Å²) in [6, 6.07) is 1.92. The van der Waals surface area contributed by atoms with Crippen molar-refractivity contribution in [2.24, 2.45) is 0 Å². The summed E-state index contributed by atoms with van der Waals surface area (Å²) in [5.41, 5.74) is 4.52. The molecule has 6 nitrogen and oxygen atoms in total. The van der Waals surface area contributed by atoms with Gasteiger partial charge >= 0.3 is 0 Å². The zero-order valence-corrected chi connectivity index (χ0v) is 17.1. The molecule has 0 spiro atoms. The van der Waals surface area contributed by atoms with E-state index in [1.54, 1.807) is 6.20 Å². The lowest BCUT2D eigenvalue weighted by Gasteiger charge is -2.23. The number of hydrogen-bond acceptors (Lipinski definition) is 5. The zero-order chi connectivity index (χ0) is 19.6. The summed E-state index contributed by atoms with van der Waals surface area (Å²) in [7, 11) is -3.22. The Bertz CT molecular complexity index is 1010. The molecular weight excluding hydrogens is 362 g/mol. The summed E-state index contributed by atoms with van der Waals surface area (Å²) in [5, 5.41) is 0. The van der Waals surface area contributed by atoms with Gasteiger partial charge in [-0.1, -0.05) is 13.3 Å². The summed E-state index contributed by atoms with van der Waals surface area (Å²) in [6.07, 6.45) is 8.73. The summed E-state index contributed by atoms with van der Waals surface area (Å²) < 4.78 is 25.3. The second-order valence-corrected chi connectivity index (χ2v) is 9.58. The van der Waals surface area contributed by atoms with Crippen molar-refractivity contribution >= 4 is 9.84 Å². The van der Waals surface area contributed by atoms with Crippen LogP contribution in [0, 0.1) is 6.92 Å². The van der Waals surface area contributed by atoms with Gasteiger partial charge in [-0.2, -0.15) is 0 Å². The van der Waals surface area contributed by atoms with Gasteiger partial charge in [0.05, 0.1) is 5.69 Å². The molecule has 7 heteroatoms. The van der Waals surface area contributed by atoms with Crippen LogP contribution in [0.15, 0.2) is 17.1 Å². The van der Waals surface area contributed by atoms with Crippen LogP contribution >= 0.6 is 0 Å². The van der Waals surface area contributed by atoms with Crippen molar-refractivity contribution in [1.82, 2.24) is 14.5 Å². The van der Waals surface area contributed by atoms with E-state index in [0.717, 1.165) is 67.6 Å². The Morgan fingerprint density at radius 2 is 2.04 bits per heavy atom. The lowest BCUT2D eigenvalue weighted by molar-refractivity contribution is 0.512. The standard InChI is InChI=1S/C20H27N3O3S/c1-4-5-8-15-12-21-18(13-27(3,25)26)22-19(15)16-11-14(2)20(24)23-10-7-6-9-17(16)23/h11-12H,4-10,13H2,1-3H3. The second kappa shape index (κ2) is 7.92. The van der Waals surface area contributed by atoms with Gasteiger partial charge in [-0.3, -0.25) is 4.79 Å². The minimum atomic E-state index is -3.22. The van der Waals surface area contributed by atoms with Crippen molar-refractivity contribution in [2.45, 2.75) is 64.7 Å². The van der Waals surface area contributed by atoms with Gasteiger partial charge in [-0.25, -0.2) is 18.4 Å². The number of sulfone groups is 1. The lowest BCUT2D eigenvalue weighted by atomic mass is 9.96. The molecule has 1 aliphatic rings. The molecule has 2 aromatic heterocycles. The van der Waals surface area contributed by atoms with E-state index in [2.05, 4.69) is 16.9 Å². The number of nitrogens with zero attached hydrogens (tertiary/aromatic N) is 3. The van der Waals surface area contributed by atoms with Gasteiger partial charge in [0.25, 0.3) is 5.56 Å². The molecule has 1 aliphatic heterocycles. The van der Waals surface area contributed by atoms with Crippen LogP contribution in [0.4, 0.5) is 0 Å². The number of aromatic nitrogens is 3. The minimum Gasteiger partial charge on any atom is -0.312 e. The van der Waals surface area contributed by atoms with Crippen LogP contribution in [-0.4, -0.2) is 29.2 Å². The third kappa shape index (κ3) is 4.46. The Balaban J connectivity index is 2.20. The third-order valence-corrected chi connectivity index (χ3v) is 5.77. The predicted octanol–water partition coefficient (Wildman–Crippen LogP) is 2.84. The molecule has 3 heterocycles. The highest BCUT2D eigenvalue weighted by atomic mass is 32.2. The highest BCUT2D eigenvalue weighted by Crippen LogP contribution is 2.29. The van der Waals surface area contributed by atoms with Crippen LogP contribution in [-0.2, 0) is 35.0 Å². The molecule has 0 fully saturated rings. The first-order chi connectivity index (χ1) is 12.8. The van der Waals surface area contributed by atoms with E-state index >= 15 is 0 Å². The summed E-state index contributed by atoms with van der Waals surface area (Å²) >= 11 is 0. The van der Waals surface area contributed by atoms with E-state index in [-0.39, 0.29) is 11.3 Å². The number of hydrogen-bond donors (Lipinski definition) is 0. The molecular formula is C20H27N3O3S. The Morgan fingerprint density at radius 1 is 1.26 bits per heavy atom. The van der Waals surface area contributed by atoms with Crippen LogP contribution < -0.4 is 5.56 Å². The van der Waals surface area contributed by atoms with Gasteiger partial charge in [-0.05, 0) is 50.7 Å². The van der Waals surface area contributed by atoms with Gasteiger partial charge in [0, 0.05) is 35.8 Å². The van der Waals surface area contributed by atoms with Gasteiger partial charge < -0.3 is 4.57 Å². The normalized spacial score (nSPS) is 14.2. The molecule has 146 valence electrons. The molecule has 0 aromatic carbocycles. The van der Waals surface area contributed by atoms with Crippen molar-refractivity contribution < 1.29 is 8.42 Å². The predicted molar refractivity (Wildman–Crippen MR) is 107 cm³/mol. The van der Waals surface area contributed by atoms with E-state index in [1.807, 2.05) is 17.6 Å². The number of unbranched alkanes of at least 4 members (excludes halogenated alkanes) is 1. The Labute approximate surface area is 160 Å². The molecule has 0 atom stereocenters. The molecule has 0 amide bonds. The highest BCUT2D eigenvalue weighted by Gasteiger charge is 2.21. The van der Waals surface area contributed by atoms with Crippen molar-refractivity contribution in [1.29, 1.82) is 0 Å². The molecule has 0 bridgehead atoms. The summed E-state index contributed by atoms with van der Waals surface area (Å²) in [4.78, 5) is 21.5. The molecule has 2 aromatic rings. The average molecular weight is 390 g/mol. The molecule has 0 unspecified atom stereocenters. The van der Waals surface area contributed by atoms with Crippen molar-refractivity contribution in [3.05, 3.63) is 45.3 Å². The van der Waals surface area contributed by atoms with E-state index in [1.165, 1.54) is 6.26 Å². The maximum Gasteiger partial charge on any atom is 0.253 e. The molecule has 3 rings (SSSR count). The first-order valence-electron chi connectivity index (χ1n) is 9.56. The molecule has 0 radical (unpaired) electrons. The smallest absolute Gasteiger partial charge is 0.253 e. The van der Waals surface area contributed by atoms with Crippen LogP contribution in [0.3, 0.4) is 0 Å². The number of rotatable bonds is 6. The van der Waals surface area contributed by atoms with Crippen LogP contribution in [0.25, 0.3) is 11.3 Å². The fraction of sp³-hybridized carbons (Fsp3) is 0.550. The average Bonchev–Trinajstić information content (AvgIpc) is 2.62. The minimum absolute atomic E-state index is 0.0639. The van der Waals surface area contributed by atoms with Gasteiger partial charge in [0.15, 0.2) is 9.84 Å². The van der Waals surface area contributed by atoms with Crippen LogP contribution in [0.1, 0.15) is 55.3 Å². The van der Waals surface area contributed by atoms with E-state index in [4.69, 9.17) is 0 Å². The summed E-state index contributed by atoms with van der Waals surface area (Å²) in [5.74, 6) is 0.133. The first-order valence-corrected chi connectivity index (χ1v) is 11.6. The first kappa shape index (κ1) is 19.7. The molecule has 0 saturated heterocycles. The molecule has 0 aliphatic carbocycles. The van der Waals surface area contributed by atoms with Crippen LogP contribution in [0.2, 0.25) is 0 Å². The SMILES string of the molecule is CCCCc1cnc(CS(C)(=O)=O)nc1-c1cc(C)c(=O)n2c1CCCC2. The van der Waals surface area contributed by atoms with Crippen molar-refractivity contribution in [2.75, 3.05) is 6.26 Å². The summed E-state index contributed by atoms with van der Waals surface area (Å²) in [6.45, 7) is 4.69. The van der Waals surface area contributed by atoms with Gasteiger partial charge in [0.2, 0.25) is 0 Å². The fourth-order valence-electron chi connectivity index (χ4n) is 3.65. The van der Waals surface area contributed by atoms with Gasteiger partial charge in [-0.15, -0.1) is 0 Å². The van der Waals surface area contributed by atoms with E-state index < -0.39 is 9.84 Å². The molecule has 0 saturated carbocycles. The Morgan fingerprint density at radius 3 is 2.74 bits per heavy atom. The number of aryl methyl sites for hydroxylation is 2. The van der Waals surface area contributed by atoms with Crippen molar-refractivity contribution in [3.63, 3.8) is 0 Å². The maximum atomic E-state index is 12.6. The van der Waals surface area contributed by atoms with Crippen molar-refractivity contribution in [3.8, 4) is 11.3 Å². The number of pyridine rings is 1. The van der Waals surface area contributed by atoms with Gasteiger partial charge in [0.1, 0.15) is 11.6 Å². The topological polar surface area (TPSA) is 81.9 Å². The third-order valence-electron chi connectivity index (χ3n) is 4.99. The largest absolute Gasteiger partial charge is 0.312 e. The quantitative estimate of drug-likeness (QED) is 0.759. The number of fused-ring (bicyclic) bond motifs is 1. The van der Waals surface area contributed by atoms with E-state index in [9.17, 15) is 13.2 Å². The molecule has 0 N–H and O–H groups in total. The Kier molecular flexibility index (Phi) is 5.79. The zero-order valence-electron chi connectivity index (χ0n) is 16.3. The fourth-order valence-corrected chi connectivity index (χ4v) is 4.25.